The number of rotatable bonds is 7. The van der Waals surface area contributed by atoms with Crippen LogP contribution < -0.4 is 5.32 Å². The van der Waals surface area contributed by atoms with E-state index in [0.717, 1.165) is 18.4 Å². The second-order valence-electron chi connectivity index (χ2n) is 4.97. The molecule has 0 aliphatic carbocycles. The Labute approximate surface area is 139 Å². The van der Waals surface area contributed by atoms with Crippen LogP contribution in [0.5, 0.6) is 0 Å². The summed E-state index contributed by atoms with van der Waals surface area (Å²) in [7, 11) is 0. The lowest BCUT2D eigenvalue weighted by atomic mass is 10.2. The molecule has 1 aromatic rings. The minimum absolute atomic E-state index is 0.0145. The first-order valence-electron chi connectivity index (χ1n) is 7.34. The summed E-state index contributed by atoms with van der Waals surface area (Å²) in [5, 5.41) is 12.9. The molecule has 1 aromatic heterocycles. The van der Waals surface area contributed by atoms with Crippen LogP contribution in [0.3, 0.4) is 0 Å². The van der Waals surface area contributed by atoms with Crippen molar-refractivity contribution in [3.05, 3.63) is 40.7 Å². The number of thioether (sulfide) groups is 1. The topological polar surface area (TPSA) is 84.2 Å². The predicted molar refractivity (Wildman–Crippen MR) is 87.2 cm³/mol. The van der Waals surface area contributed by atoms with Crippen LogP contribution in [0, 0.1) is 11.3 Å². The van der Waals surface area contributed by atoms with E-state index in [9.17, 15) is 10.1 Å². The molecule has 1 atom stereocenters. The lowest BCUT2D eigenvalue weighted by Crippen LogP contribution is -2.21. The van der Waals surface area contributed by atoms with Crippen LogP contribution in [0.1, 0.15) is 18.4 Å². The van der Waals surface area contributed by atoms with Gasteiger partial charge in [0.05, 0.1) is 11.1 Å². The number of nitrogens with one attached hydrogen (secondary N) is 1. The van der Waals surface area contributed by atoms with E-state index in [0.29, 0.717) is 18.2 Å². The molecule has 2 heterocycles. The van der Waals surface area contributed by atoms with Gasteiger partial charge in [0.1, 0.15) is 12.7 Å². The van der Waals surface area contributed by atoms with Crippen molar-refractivity contribution in [2.24, 2.45) is 0 Å². The van der Waals surface area contributed by atoms with Gasteiger partial charge in [-0.2, -0.15) is 5.26 Å². The summed E-state index contributed by atoms with van der Waals surface area (Å²) in [6, 6.07) is 5.68. The van der Waals surface area contributed by atoms with Crippen molar-refractivity contribution in [3.63, 3.8) is 0 Å². The maximum Gasteiger partial charge on any atom is 0.351 e. The van der Waals surface area contributed by atoms with Gasteiger partial charge in [0.2, 0.25) is 0 Å². The van der Waals surface area contributed by atoms with Crippen molar-refractivity contribution in [1.82, 2.24) is 10.3 Å². The third kappa shape index (κ3) is 5.27. The number of hydrogen-bond acceptors (Lipinski definition) is 7. The summed E-state index contributed by atoms with van der Waals surface area (Å²) in [4.78, 5) is 16.1. The van der Waals surface area contributed by atoms with Gasteiger partial charge >= 0.3 is 5.97 Å². The van der Waals surface area contributed by atoms with Gasteiger partial charge in [-0.25, -0.2) is 4.79 Å². The van der Waals surface area contributed by atoms with E-state index in [-0.39, 0.29) is 18.3 Å². The third-order valence-corrected chi connectivity index (χ3v) is 4.10. The number of esters is 1. The average Bonchev–Trinajstić information content (AvgIpc) is 3.11. The second-order valence-corrected chi connectivity index (χ2v) is 5.78. The molecule has 6 nitrogen and oxygen atoms in total. The van der Waals surface area contributed by atoms with E-state index in [1.165, 1.54) is 11.8 Å². The zero-order valence-corrected chi connectivity index (χ0v) is 13.8. The minimum Gasteiger partial charge on any atom is -0.459 e. The smallest absolute Gasteiger partial charge is 0.351 e. The largest absolute Gasteiger partial charge is 0.459 e. The van der Waals surface area contributed by atoms with Crippen molar-refractivity contribution in [2.75, 3.05) is 19.5 Å². The van der Waals surface area contributed by atoms with E-state index in [2.05, 4.69) is 10.3 Å². The molecule has 2 rings (SSSR count). The molecule has 0 saturated carbocycles. The van der Waals surface area contributed by atoms with Gasteiger partial charge in [-0.05, 0) is 30.7 Å². The van der Waals surface area contributed by atoms with Crippen LogP contribution in [-0.4, -0.2) is 36.5 Å². The number of carbonyl (C=O) groups is 1. The van der Waals surface area contributed by atoms with E-state index >= 15 is 0 Å². The number of hydrogen-bond donors (Lipinski definition) is 1. The fraction of sp³-hybridized carbons (Fsp3) is 0.438. The molecule has 122 valence electrons. The standard InChI is InChI=1S/C16H19N3O3S/c1-23-15(19-10-12-4-2-6-18-9-12)14(8-17)16(20)22-11-13-5-3-7-21-13/h2,4,6,9,13,19H,3,5,7,10-11H2,1H3/b15-14+. The number of nitriles is 1. The second kappa shape index (κ2) is 9.18. The van der Waals surface area contributed by atoms with Crippen molar-refractivity contribution >= 4 is 17.7 Å². The molecule has 1 saturated heterocycles. The molecule has 23 heavy (non-hydrogen) atoms. The summed E-state index contributed by atoms with van der Waals surface area (Å²) in [5.74, 6) is -0.619. The quantitative estimate of drug-likeness (QED) is 0.464. The molecular weight excluding hydrogens is 314 g/mol. The van der Waals surface area contributed by atoms with E-state index < -0.39 is 5.97 Å². The van der Waals surface area contributed by atoms with Crippen LogP contribution in [-0.2, 0) is 20.8 Å². The lowest BCUT2D eigenvalue weighted by Gasteiger charge is -2.13. The van der Waals surface area contributed by atoms with Crippen molar-refractivity contribution in [2.45, 2.75) is 25.5 Å². The molecule has 1 aliphatic heterocycles. The molecule has 0 bridgehead atoms. The van der Waals surface area contributed by atoms with Crippen LogP contribution in [0.15, 0.2) is 35.1 Å². The molecular formula is C16H19N3O3S. The molecule has 1 unspecified atom stereocenters. The van der Waals surface area contributed by atoms with E-state index in [1.54, 1.807) is 18.6 Å². The molecule has 0 aromatic carbocycles. The lowest BCUT2D eigenvalue weighted by molar-refractivity contribution is -0.141. The van der Waals surface area contributed by atoms with Gasteiger partial charge in [-0.3, -0.25) is 4.98 Å². The first-order chi connectivity index (χ1) is 11.2. The maximum absolute atomic E-state index is 12.1. The number of pyridine rings is 1. The Kier molecular flexibility index (Phi) is 6.91. The van der Waals surface area contributed by atoms with Crippen molar-refractivity contribution in [3.8, 4) is 6.07 Å². The highest BCUT2D eigenvalue weighted by Crippen LogP contribution is 2.17. The van der Waals surface area contributed by atoms with Crippen LogP contribution in [0.4, 0.5) is 0 Å². The Morgan fingerprint density at radius 1 is 1.65 bits per heavy atom. The van der Waals surface area contributed by atoms with Gasteiger partial charge in [-0.15, -0.1) is 11.8 Å². The summed E-state index contributed by atoms with van der Waals surface area (Å²) in [6.45, 7) is 1.37. The van der Waals surface area contributed by atoms with E-state index in [4.69, 9.17) is 9.47 Å². The van der Waals surface area contributed by atoms with Crippen molar-refractivity contribution in [1.29, 1.82) is 5.26 Å². The average molecular weight is 333 g/mol. The van der Waals surface area contributed by atoms with Crippen molar-refractivity contribution < 1.29 is 14.3 Å². The van der Waals surface area contributed by atoms with Crippen LogP contribution in [0.25, 0.3) is 0 Å². The van der Waals surface area contributed by atoms with Gasteiger partial charge < -0.3 is 14.8 Å². The maximum atomic E-state index is 12.1. The SMILES string of the molecule is CS/C(NCc1cccnc1)=C(\C#N)C(=O)OCC1CCCO1. The van der Waals surface area contributed by atoms with Crippen LogP contribution >= 0.6 is 11.8 Å². The van der Waals surface area contributed by atoms with Gasteiger partial charge in [-0.1, -0.05) is 6.07 Å². The zero-order valence-electron chi connectivity index (χ0n) is 12.9. The minimum atomic E-state index is -0.619. The van der Waals surface area contributed by atoms with Gasteiger partial charge in [0.15, 0.2) is 5.57 Å². The van der Waals surface area contributed by atoms with Gasteiger partial charge in [0, 0.05) is 25.5 Å². The van der Waals surface area contributed by atoms with E-state index in [1.807, 2.05) is 18.2 Å². The first-order valence-corrected chi connectivity index (χ1v) is 8.57. The molecule has 1 aliphatic rings. The zero-order chi connectivity index (χ0) is 16.5. The third-order valence-electron chi connectivity index (χ3n) is 3.35. The number of ether oxygens (including phenoxy) is 2. The highest BCUT2D eigenvalue weighted by atomic mass is 32.2. The fourth-order valence-electron chi connectivity index (χ4n) is 2.15. The van der Waals surface area contributed by atoms with Gasteiger partial charge in [0.25, 0.3) is 0 Å². The Bertz CT molecular complexity index is 592. The number of nitrogens with zero attached hydrogens (tertiary/aromatic N) is 2. The molecule has 0 amide bonds. The fourth-order valence-corrected chi connectivity index (χ4v) is 2.70. The summed E-state index contributed by atoms with van der Waals surface area (Å²) in [5.41, 5.74) is 0.948. The summed E-state index contributed by atoms with van der Waals surface area (Å²) in [6.07, 6.45) is 7.03. The molecule has 1 fully saturated rings. The molecule has 1 N–H and O–H groups in total. The highest BCUT2D eigenvalue weighted by molar-refractivity contribution is 8.02. The highest BCUT2D eigenvalue weighted by Gasteiger charge is 2.21. The normalized spacial score (nSPS) is 18.0. The number of carbonyl (C=O) groups excluding carboxylic acids is 1. The summed E-state index contributed by atoms with van der Waals surface area (Å²) >= 11 is 1.30. The monoisotopic (exact) mass is 333 g/mol. The van der Waals surface area contributed by atoms with Crippen LogP contribution in [0.2, 0.25) is 0 Å². The molecule has 0 spiro atoms. The first kappa shape index (κ1) is 17.3. The summed E-state index contributed by atoms with van der Waals surface area (Å²) < 4.78 is 10.6. The Morgan fingerprint density at radius 3 is 3.13 bits per heavy atom. The Morgan fingerprint density at radius 2 is 2.52 bits per heavy atom. The Hall–Kier alpha value is -2.04. The Balaban J connectivity index is 1.96. The number of aromatic nitrogens is 1. The predicted octanol–water partition coefficient (Wildman–Crippen LogP) is 1.99. The molecule has 0 radical (unpaired) electrons. The molecule has 7 heteroatoms.